The van der Waals surface area contributed by atoms with Crippen LogP contribution in [0.5, 0.6) is 0 Å². The highest BCUT2D eigenvalue weighted by atomic mass is 32.2. The van der Waals surface area contributed by atoms with E-state index in [0.717, 1.165) is 36.2 Å². The summed E-state index contributed by atoms with van der Waals surface area (Å²) in [4.78, 5) is 6.24. The van der Waals surface area contributed by atoms with Gasteiger partial charge in [0.05, 0.1) is 18.1 Å². The highest BCUT2D eigenvalue weighted by Gasteiger charge is 2.29. The lowest BCUT2D eigenvalue weighted by Crippen LogP contribution is -2.39. The molecule has 2 heterocycles. The quantitative estimate of drug-likeness (QED) is 0.682. The fraction of sp³-hybridized carbons (Fsp3) is 0.471. The molecular formula is C17H23N3O5S3. The topological polar surface area (TPSA) is 106 Å². The zero-order chi connectivity index (χ0) is 20.4. The van der Waals surface area contributed by atoms with Gasteiger partial charge >= 0.3 is 0 Å². The molecule has 1 N–H and O–H groups in total. The predicted molar refractivity (Wildman–Crippen MR) is 108 cm³/mol. The second kappa shape index (κ2) is 8.46. The number of anilines is 1. The molecule has 1 aliphatic heterocycles. The van der Waals surface area contributed by atoms with Gasteiger partial charge in [-0.05, 0) is 19.1 Å². The molecule has 0 radical (unpaired) electrons. The van der Waals surface area contributed by atoms with Gasteiger partial charge in [-0.2, -0.15) is 0 Å². The maximum absolute atomic E-state index is 13.1. The number of aryl methyl sites for hydroxylation is 1. The van der Waals surface area contributed by atoms with Gasteiger partial charge < -0.3 is 10.1 Å². The van der Waals surface area contributed by atoms with Gasteiger partial charge in [0.15, 0.2) is 5.03 Å². The Hall–Kier alpha value is -1.53. The number of hydrogen-bond donors (Lipinski definition) is 1. The normalized spacial score (nSPS) is 16.2. The van der Waals surface area contributed by atoms with E-state index in [1.807, 2.05) is 6.92 Å². The third kappa shape index (κ3) is 4.90. The molecule has 1 saturated heterocycles. The Morgan fingerprint density at radius 2 is 1.79 bits per heavy atom. The zero-order valence-electron chi connectivity index (χ0n) is 15.7. The lowest BCUT2D eigenvalue weighted by molar-refractivity contribution is 0.0398. The highest BCUT2D eigenvalue weighted by Crippen LogP contribution is 2.34. The van der Waals surface area contributed by atoms with Crippen molar-refractivity contribution in [2.45, 2.75) is 21.2 Å². The molecule has 0 aliphatic carbocycles. The van der Waals surface area contributed by atoms with E-state index >= 15 is 0 Å². The molecule has 8 nitrogen and oxygen atoms in total. The van der Waals surface area contributed by atoms with Gasteiger partial charge in [0.1, 0.15) is 5.00 Å². The molecular weight excluding hydrogens is 422 g/mol. The smallest absolute Gasteiger partial charge is 0.226 e. The first kappa shape index (κ1) is 21.2. The van der Waals surface area contributed by atoms with Crippen LogP contribution in [0.15, 0.2) is 38.5 Å². The van der Waals surface area contributed by atoms with Gasteiger partial charge in [0.25, 0.3) is 0 Å². The summed E-state index contributed by atoms with van der Waals surface area (Å²) in [7, 11) is -7.57. The van der Waals surface area contributed by atoms with Gasteiger partial charge in [0, 0.05) is 32.4 Å². The van der Waals surface area contributed by atoms with Crippen LogP contribution in [-0.2, 0) is 24.4 Å². The molecule has 1 aromatic heterocycles. The lowest BCUT2D eigenvalue weighted by Gasteiger charge is -2.26. The summed E-state index contributed by atoms with van der Waals surface area (Å²) < 4.78 is 55.1. The lowest BCUT2D eigenvalue weighted by atomic mass is 10.2. The highest BCUT2D eigenvalue weighted by molar-refractivity contribution is 7.93. The Bertz CT molecular complexity index is 1020. The Morgan fingerprint density at radius 3 is 2.39 bits per heavy atom. The molecule has 11 heteroatoms. The van der Waals surface area contributed by atoms with Gasteiger partial charge in [-0.1, -0.05) is 29.0 Å². The summed E-state index contributed by atoms with van der Waals surface area (Å²) >= 11 is 0.845. The molecule has 1 fully saturated rings. The molecule has 154 valence electrons. The Morgan fingerprint density at radius 1 is 1.14 bits per heavy atom. The molecule has 0 spiro atoms. The molecule has 0 unspecified atom stereocenters. The average molecular weight is 446 g/mol. The first-order valence-electron chi connectivity index (χ1n) is 8.74. The molecule has 0 saturated carbocycles. The minimum absolute atomic E-state index is 0.0830. The van der Waals surface area contributed by atoms with Crippen molar-refractivity contribution in [2.24, 2.45) is 0 Å². The van der Waals surface area contributed by atoms with Crippen molar-refractivity contribution in [1.29, 1.82) is 0 Å². The van der Waals surface area contributed by atoms with Crippen LogP contribution in [-0.4, -0.2) is 72.4 Å². The molecule has 0 amide bonds. The van der Waals surface area contributed by atoms with Crippen LogP contribution >= 0.6 is 11.3 Å². The van der Waals surface area contributed by atoms with Crippen molar-refractivity contribution in [3.05, 3.63) is 29.8 Å². The summed E-state index contributed by atoms with van der Waals surface area (Å²) in [5.41, 5.74) is 0.929. The number of thiazole rings is 1. The van der Waals surface area contributed by atoms with Gasteiger partial charge in [0.2, 0.25) is 24.0 Å². The van der Waals surface area contributed by atoms with Crippen molar-refractivity contribution in [1.82, 2.24) is 9.88 Å². The van der Waals surface area contributed by atoms with Crippen molar-refractivity contribution < 1.29 is 21.6 Å². The number of sulfone groups is 2. The van der Waals surface area contributed by atoms with Crippen LogP contribution in [0.3, 0.4) is 0 Å². The van der Waals surface area contributed by atoms with E-state index in [1.54, 1.807) is 12.1 Å². The summed E-state index contributed by atoms with van der Waals surface area (Å²) in [5, 5.41) is 3.07. The number of nitrogens with zero attached hydrogens (tertiary/aromatic N) is 2. The summed E-state index contributed by atoms with van der Waals surface area (Å²) in [6.45, 7) is 6.00. The number of hydrogen-bond acceptors (Lipinski definition) is 9. The maximum atomic E-state index is 13.1. The van der Waals surface area contributed by atoms with E-state index in [4.69, 9.17) is 4.74 Å². The molecule has 3 rings (SSSR count). The number of rotatable bonds is 7. The number of aromatic nitrogens is 1. The molecule has 28 heavy (non-hydrogen) atoms. The Kier molecular flexibility index (Phi) is 6.40. The first-order chi connectivity index (χ1) is 13.2. The van der Waals surface area contributed by atoms with Crippen molar-refractivity contribution in [2.75, 3.05) is 51.0 Å². The van der Waals surface area contributed by atoms with E-state index in [9.17, 15) is 16.8 Å². The zero-order valence-corrected chi connectivity index (χ0v) is 18.2. The van der Waals surface area contributed by atoms with Crippen molar-refractivity contribution >= 4 is 36.0 Å². The van der Waals surface area contributed by atoms with Gasteiger partial charge in [-0.25, -0.2) is 21.8 Å². The fourth-order valence-electron chi connectivity index (χ4n) is 2.72. The van der Waals surface area contributed by atoms with Gasteiger partial charge in [-0.15, -0.1) is 0 Å². The number of morpholine rings is 1. The molecule has 2 aromatic rings. The third-order valence-corrected chi connectivity index (χ3v) is 8.81. The maximum Gasteiger partial charge on any atom is 0.226 e. The van der Waals surface area contributed by atoms with Crippen LogP contribution in [0.25, 0.3) is 0 Å². The van der Waals surface area contributed by atoms with Crippen molar-refractivity contribution in [3.8, 4) is 0 Å². The third-order valence-electron chi connectivity index (χ3n) is 4.30. The molecule has 0 bridgehead atoms. The van der Waals surface area contributed by atoms with E-state index in [0.29, 0.717) is 26.3 Å². The van der Waals surface area contributed by atoms with Crippen molar-refractivity contribution in [3.63, 3.8) is 0 Å². The van der Waals surface area contributed by atoms with Crippen LogP contribution in [0.1, 0.15) is 5.56 Å². The average Bonchev–Trinajstić information content (AvgIpc) is 3.08. The summed E-state index contributed by atoms with van der Waals surface area (Å²) in [5.74, 6) is 0. The van der Waals surface area contributed by atoms with Crippen LogP contribution in [0.4, 0.5) is 5.00 Å². The SMILES string of the molecule is Cc1ccc(S(=O)(=O)c2nc(S(C)(=O)=O)sc2NCCN2CCOCC2)cc1. The number of benzene rings is 1. The fourth-order valence-corrected chi connectivity index (χ4v) is 6.27. The van der Waals surface area contributed by atoms with E-state index in [-0.39, 0.29) is 19.3 Å². The summed E-state index contributed by atoms with van der Waals surface area (Å²) in [6, 6.07) is 6.40. The van der Waals surface area contributed by atoms with Crippen LogP contribution < -0.4 is 5.32 Å². The second-order valence-corrected chi connectivity index (χ2v) is 11.6. The predicted octanol–water partition coefficient (Wildman–Crippen LogP) is 1.43. The van der Waals surface area contributed by atoms with E-state index in [2.05, 4.69) is 15.2 Å². The molecule has 1 aromatic carbocycles. The second-order valence-electron chi connectivity index (χ2n) is 6.58. The number of ether oxygens (including phenoxy) is 1. The van der Waals surface area contributed by atoms with Crippen LogP contribution in [0.2, 0.25) is 0 Å². The van der Waals surface area contributed by atoms with E-state index in [1.165, 1.54) is 12.1 Å². The summed E-state index contributed by atoms with van der Waals surface area (Å²) in [6.07, 6.45) is 1.02. The Labute approximate surface area is 169 Å². The van der Waals surface area contributed by atoms with Crippen LogP contribution in [0, 0.1) is 6.92 Å². The molecule has 0 atom stereocenters. The first-order valence-corrected chi connectivity index (χ1v) is 12.9. The van der Waals surface area contributed by atoms with Gasteiger partial charge in [-0.3, -0.25) is 4.90 Å². The minimum atomic E-state index is -3.94. The monoisotopic (exact) mass is 445 g/mol. The largest absolute Gasteiger partial charge is 0.379 e. The van der Waals surface area contributed by atoms with E-state index < -0.39 is 19.7 Å². The standard InChI is InChI=1S/C17H23N3O5S3/c1-13-3-5-14(6-4-13)28(23,24)16-15(26-17(19-16)27(2,21)22)18-7-8-20-9-11-25-12-10-20/h3-6,18H,7-12H2,1-2H3. The Balaban J connectivity index is 1.88. The number of nitrogens with one attached hydrogen (secondary N) is 1. The minimum Gasteiger partial charge on any atom is -0.379 e. The molecule has 1 aliphatic rings.